The van der Waals surface area contributed by atoms with Gasteiger partial charge in [0.05, 0.1) is 0 Å². The lowest BCUT2D eigenvalue weighted by Gasteiger charge is -2.03. The van der Waals surface area contributed by atoms with Crippen molar-refractivity contribution in [2.45, 2.75) is 64.8 Å². The van der Waals surface area contributed by atoms with Gasteiger partial charge >= 0.3 is 5.69 Å². The predicted octanol–water partition coefficient (Wildman–Crippen LogP) is 2.73. The van der Waals surface area contributed by atoms with E-state index in [-0.39, 0.29) is 5.88 Å². The first-order chi connectivity index (χ1) is 8.66. The molecule has 104 valence electrons. The monoisotopic (exact) mass is 256 g/mol. The first-order valence-corrected chi connectivity index (χ1v) is 6.87. The minimum atomic E-state index is -0.451. The standard InChI is InChI=1S/C13H24N2O3/c1-2-3-4-5-6-7-8-9-10-15-12(17)11(16)14-13(15)18/h16-17H,2-10H2,1H3,(H,14,18). The van der Waals surface area contributed by atoms with Gasteiger partial charge in [0, 0.05) is 6.54 Å². The first kappa shape index (κ1) is 14.7. The zero-order valence-electron chi connectivity index (χ0n) is 11.1. The number of aromatic hydroxyl groups is 2. The molecule has 0 aliphatic heterocycles. The molecular weight excluding hydrogens is 232 g/mol. The van der Waals surface area contributed by atoms with E-state index in [1.54, 1.807) is 0 Å². The Labute approximate surface area is 107 Å². The zero-order valence-corrected chi connectivity index (χ0v) is 11.1. The summed E-state index contributed by atoms with van der Waals surface area (Å²) in [6.45, 7) is 2.66. The molecule has 5 nitrogen and oxygen atoms in total. The molecule has 0 atom stereocenters. The molecule has 0 radical (unpaired) electrons. The van der Waals surface area contributed by atoms with E-state index in [2.05, 4.69) is 11.9 Å². The van der Waals surface area contributed by atoms with Crippen LogP contribution in [-0.4, -0.2) is 19.8 Å². The van der Waals surface area contributed by atoms with Crippen LogP contribution in [0, 0.1) is 0 Å². The Balaban J connectivity index is 2.13. The van der Waals surface area contributed by atoms with E-state index in [9.17, 15) is 9.90 Å². The minimum Gasteiger partial charge on any atom is -0.491 e. The summed E-state index contributed by atoms with van der Waals surface area (Å²) in [5.41, 5.74) is -0.451. The van der Waals surface area contributed by atoms with Crippen LogP contribution in [0.3, 0.4) is 0 Å². The minimum absolute atomic E-state index is 0.358. The summed E-state index contributed by atoms with van der Waals surface area (Å²) in [5, 5.41) is 18.5. The van der Waals surface area contributed by atoms with Crippen molar-refractivity contribution >= 4 is 0 Å². The summed E-state index contributed by atoms with van der Waals surface area (Å²) in [6.07, 6.45) is 9.45. The van der Waals surface area contributed by atoms with Crippen LogP contribution in [0.2, 0.25) is 0 Å². The Hall–Kier alpha value is -1.39. The molecule has 0 saturated carbocycles. The molecule has 18 heavy (non-hydrogen) atoms. The van der Waals surface area contributed by atoms with Crippen LogP contribution in [0.4, 0.5) is 0 Å². The molecule has 1 heterocycles. The summed E-state index contributed by atoms with van der Waals surface area (Å²) in [5.74, 6) is -0.803. The van der Waals surface area contributed by atoms with Gasteiger partial charge in [-0.1, -0.05) is 51.9 Å². The zero-order chi connectivity index (χ0) is 13.4. The van der Waals surface area contributed by atoms with Gasteiger partial charge in [-0.25, -0.2) is 4.79 Å². The van der Waals surface area contributed by atoms with Crippen molar-refractivity contribution in [3.63, 3.8) is 0 Å². The van der Waals surface area contributed by atoms with Gasteiger partial charge in [-0.05, 0) is 6.42 Å². The highest BCUT2D eigenvalue weighted by Gasteiger charge is 2.10. The summed E-state index contributed by atoms with van der Waals surface area (Å²) in [4.78, 5) is 13.5. The highest BCUT2D eigenvalue weighted by molar-refractivity contribution is 5.22. The van der Waals surface area contributed by atoms with Gasteiger partial charge in [0.15, 0.2) is 0 Å². The van der Waals surface area contributed by atoms with E-state index < -0.39 is 11.6 Å². The quantitative estimate of drug-likeness (QED) is 0.594. The molecule has 0 spiro atoms. The Morgan fingerprint density at radius 2 is 1.56 bits per heavy atom. The van der Waals surface area contributed by atoms with Crippen LogP contribution < -0.4 is 5.69 Å². The molecule has 0 saturated heterocycles. The summed E-state index contributed by atoms with van der Waals surface area (Å²) in [7, 11) is 0. The molecule has 1 aromatic heterocycles. The topological polar surface area (TPSA) is 78.2 Å². The fourth-order valence-electron chi connectivity index (χ4n) is 2.06. The van der Waals surface area contributed by atoms with E-state index in [1.807, 2.05) is 0 Å². The maximum Gasteiger partial charge on any atom is 0.331 e. The molecule has 1 rings (SSSR count). The number of nitrogens with one attached hydrogen (secondary N) is 1. The summed E-state index contributed by atoms with van der Waals surface area (Å²) >= 11 is 0. The van der Waals surface area contributed by atoms with Crippen molar-refractivity contribution in [1.29, 1.82) is 0 Å². The first-order valence-electron chi connectivity index (χ1n) is 6.87. The van der Waals surface area contributed by atoms with Crippen molar-refractivity contribution in [3.8, 4) is 11.8 Å². The summed E-state index contributed by atoms with van der Waals surface area (Å²) in [6, 6.07) is 0. The smallest absolute Gasteiger partial charge is 0.331 e. The molecule has 0 bridgehead atoms. The second kappa shape index (κ2) is 7.84. The normalized spacial score (nSPS) is 10.9. The SMILES string of the molecule is CCCCCCCCCCn1c(O)c(O)[nH]c1=O. The lowest BCUT2D eigenvalue weighted by molar-refractivity contribution is 0.362. The lowest BCUT2D eigenvalue weighted by atomic mass is 10.1. The van der Waals surface area contributed by atoms with Crippen molar-refractivity contribution < 1.29 is 10.2 Å². The lowest BCUT2D eigenvalue weighted by Crippen LogP contribution is -2.16. The van der Waals surface area contributed by atoms with E-state index in [1.165, 1.54) is 36.7 Å². The molecule has 0 aliphatic rings. The largest absolute Gasteiger partial charge is 0.491 e. The molecule has 0 aliphatic carbocycles. The van der Waals surface area contributed by atoms with E-state index in [4.69, 9.17) is 5.11 Å². The number of H-pyrrole nitrogens is 1. The average Bonchev–Trinajstić information content (AvgIpc) is 2.58. The number of imidazole rings is 1. The molecule has 0 aromatic carbocycles. The fourth-order valence-corrected chi connectivity index (χ4v) is 2.06. The van der Waals surface area contributed by atoms with Gasteiger partial charge in [-0.15, -0.1) is 0 Å². The van der Waals surface area contributed by atoms with Gasteiger partial charge < -0.3 is 10.2 Å². The number of unbranched alkanes of at least 4 members (excludes halogenated alkanes) is 7. The van der Waals surface area contributed by atoms with Crippen LogP contribution in [-0.2, 0) is 6.54 Å². The third-order valence-electron chi connectivity index (χ3n) is 3.17. The average molecular weight is 256 g/mol. The molecule has 5 heteroatoms. The van der Waals surface area contributed by atoms with Crippen molar-refractivity contribution in [2.75, 3.05) is 0 Å². The molecule has 3 N–H and O–H groups in total. The van der Waals surface area contributed by atoms with Crippen LogP contribution >= 0.6 is 0 Å². The van der Waals surface area contributed by atoms with Gasteiger partial charge in [0.1, 0.15) is 0 Å². The Kier molecular flexibility index (Phi) is 6.39. The Bertz CT molecular complexity index is 395. The molecule has 0 fully saturated rings. The van der Waals surface area contributed by atoms with Crippen LogP contribution in [0.1, 0.15) is 58.3 Å². The summed E-state index contributed by atoms with van der Waals surface area (Å²) < 4.78 is 1.17. The maximum absolute atomic E-state index is 11.3. The van der Waals surface area contributed by atoms with Gasteiger partial charge in [0.25, 0.3) is 11.8 Å². The molecule has 0 unspecified atom stereocenters. The van der Waals surface area contributed by atoms with Crippen LogP contribution in [0.15, 0.2) is 4.79 Å². The number of nitrogens with zero attached hydrogens (tertiary/aromatic N) is 1. The van der Waals surface area contributed by atoms with Gasteiger partial charge in [0.2, 0.25) is 0 Å². The van der Waals surface area contributed by atoms with Crippen molar-refractivity contribution in [1.82, 2.24) is 9.55 Å². The maximum atomic E-state index is 11.3. The highest BCUT2D eigenvalue weighted by atomic mass is 16.3. The number of hydrogen-bond donors (Lipinski definition) is 3. The molecule has 0 amide bonds. The van der Waals surface area contributed by atoms with Crippen LogP contribution in [0.25, 0.3) is 0 Å². The van der Waals surface area contributed by atoms with E-state index in [0.717, 1.165) is 19.3 Å². The number of aromatic nitrogens is 2. The second-order valence-corrected chi connectivity index (χ2v) is 4.73. The fraction of sp³-hybridized carbons (Fsp3) is 0.769. The van der Waals surface area contributed by atoms with E-state index >= 15 is 0 Å². The van der Waals surface area contributed by atoms with Crippen molar-refractivity contribution in [2.24, 2.45) is 0 Å². The van der Waals surface area contributed by atoms with E-state index in [0.29, 0.717) is 6.54 Å². The Morgan fingerprint density at radius 3 is 2.06 bits per heavy atom. The van der Waals surface area contributed by atoms with Crippen LogP contribution in [0.5, 0.6) is 11.8 Å². The molecule has 1 aromatic rings. The number of hydrogen-bond acceptors (Lipinski definition) is 3. The highest BCUT2D eigenvalue weighted by Crippen LogP contribution is 2.19. The third-order valence-corrected chi connectivity index (χ3v) is 3.17. The number of rotatable bonds is 9. The second-order valence-electron chi connectivity index (χ2n) is 4.73. The van der Waals surface area contributed by atoms with Crippen molar-refractivity contribution in [3.05, 3.63) is 10.5 Å². The Morgan fingerprint density at radius 1 is 1.00 bits per heavy atom. The molecular formula is C13H24N2O3. The third kappa shape index (κ3) is 4.47. The van der Waals surface area contributed by atoms with Gasteiger partial charge in [-0.3, -0.25) is 9.55 Å². The number of aromatic amines is 1. The predicted molar refractivity (Wildman–Crippen MR) is 71.0 cm³/mol. The van der Waals surface area contributed by atoms with Gasteiger partial charge in [-0.2, -0.15) is 0 Å².